The highest BCUT2D eigenvalue weighted by atomic mass is 79.9. The minimum Gasteiger partial charge on any atom is -0.349 e. The van der Waals surface area contributed by atoms with Crippen molar-refractivity contribution in [1.29, 1.82) is 0 Å². The number of carbonyl (C=O) groups excluding carboxylic acids is 2. The van der Waals surface area contributed by atoms with Crippen LogP contribution in [0.4, 0.5) is 5.69 Å². The molecule has 1 aliphatic rings. The Kier molecular flexibility index (Phi) is 5.00. The first-order valence-corrected chi connectivity index (χ1v) is 8.75. The van der Waals surface area contributed by atoms with Gasteiger partial charge in [0.05, 0.1) is 17.9 Å². The largest absolute Gasteiger partial charge is 0.349 e. The van der Waals surface area contributed by atoms with Gasteiger partial charge in [0.1, 0.15) is 0 Å². The van der Waals surface area contributed by atoms with Crippen molar-refractivity contribution in [3.05, 3.63) is 64.6 Å². The molecule has 3 atom stereocenters. The third-order valence-electron chi connectivity index (χ3n) is 4.21. The summed E-state index contributed by atoms with van der Waals surface area (Å²) in [5.41, 5.74) is 1.79. The van der Waals surface area contributed by atoms with Crippen LogP contribution in [0.1, 0.15) is 24.9 Å². The van der Waals surface area contributed by atoms with Gasteiger partial charge in [-0.05, 0) is 37.1 Å². The molecule has 4 nitrogen and oxygen atoms in total. The molecule has 0 saturated heterocycles. The zero-order valence-electron chi connectivity index (χ0n) is 13.3. The molecular formula is C19H19BrN2O2. The van der Waals surface area contributed by atoms with Gasteiger partial charge in [-0.1, -0.05) is 52.3 Å². The van der Waals surface area contributed by atoms with E-state index in [2.05, 4.69) is 26.6 Å². The summed E-state index contributed by atoms with van der Waals surface area (Å²) in [5.74, 6) is -0.628. The molecule has 3 rings (SSSR count). The Morgan fingerprint density at radius 2 is 1.75 bits per heavy atom. The Morgan fingerprint density at radius 3 is 2.46 bits per heavy atom. The number of hydrogen-bond donors (Lipinski definition) is 2. The highest BCUT2D eigenvalue weighted by Crippen LogP contribution is 2.40. The second-order valence-electron chi connectivity index (χ2n) is 6.09. The Hall–Kier alpha value is -2.14. The second-order valence-corrected chi connectivity index (χ2v) is 7.00. The number of amides is 2. The fraction of sp³-hybridized carbons (Fsp3) is 0.263. The molecule has 1 fully saturated rings. The fourth-order valence-corrected chi connectivity index (χ4v) is 3.12. The predicted molar refractivity (Wildman–Crippen MR) is 97.4 cm³/mol. The molecule has 124 valence electrons. The van der Waals surface area contributed by atoms with Crippen molar-refractivity contribution in [3.8, 4) is 0 Å². The number of rotatable bonds is 5. The van der Waals surface area contributed by atoms with Crippen molar-refractivity contribution < 1.29 is 9.59 Å². The van der Waals surface area contributed by atoms with Crippen molar-refractivity contribution >= 4 is 33.4 Å². The Bertz CT molecular complexity index is 748. The van der Waals surface area contributed by atoms with E-state index in [1.807, 2.05) is 61.5 Å². The zero-order valence-corrected chi connectivity index (χ0v) is 14.9. The number of carbonyl (C=O) groups is 2. The first-order chi connectivity index (χ1) is 11.5. The molecule has 1 saturated carbocycles. The van der Waals surface area contributed by atoms with Gasteiger partial charge in [-0.2, -0.15) is 0 Å². The molecule has 0 aromatic heterocycles. The van der Waals surface area contributed by atoms with Crippen LogP contribution in [0.25, 0.3) is 0 Å². The molecule has 3 unspecified atom stereocenters. The molecule has 2 N–H and O–H groups in total. The van der Waals surface area contributed by atoms with Gasteiger partial charge in [0, 0.05) is 10.2 Å². The van der Waals surface area contributed by atoms with Crippen LogP contribution in [-0.2, 0) is 9.59 Å². The standard InChI is InChI=1S/C19H19BrN2O2/c1-12(13-6-3-2-4-7-13)21-18(23)16-11-17(16)19(24)22-15-9-5-8-14(20)10-15/h2-10,12,16-17H,11H2,1H3,(H,21,23)(H,22,24). The molecule has 0 bridgehead atoms. The third kappa shape index (κ3) is 4.03. The maximum absolute atomic E-state index is 12.3. The summed E-state index contributed by atoms with van der Waals surface area (Å²) >= 11 is 3.37. The molecule has 0 aliphatic heterocycles. The quantitative estimate of drug-likeness (QED) is 0.818. The third-order valence-corrected chi connectivity index (χ3v) is 4.71. The summed E-state index contributed by atoms with van der Waals surface area (Å²) in [6, 6.07) is 17.2. The van der Waals surface area contributed by atoms with Gasteiger partial charge in [0.2, 0.25) is 11.8 Å². The molecule has 2 amide bonds. The fourth-order valence-electron chi connectivity index (χ4n) is 2.72. The van der Waals surface area contributed by atoms with E-state index in [1.165, 1.54) is 0 Å². The van der Waals surface area contributed by atoms with Crippen molar-refractivity contribution in [2.75, 3.05) is 5.32 Å². The molecule has 5 heteroatoms. The van der Waals surface area contributed by atoms with E-state index < -0.39 is 0 Å². The first kappa shape index (κ1) is 16.7. The SMILES string of the molecule is CC(NC(=O)C1CC1C(=O)Nc1cccc(Br)c1)c1ccccc1. The summed E-state index contributed by atoms with van der Waals surface area (Å²) in [6.07, 6.45) is 0.604. The van der Waals surface area contributed by atoms with Gasteiger partial charge < -0.3 is 10.6 Å². The highest BCUT2D eigenvalue weighted by Gasteiger charge is 2.48. The topological polar surface area (TPSA) is 58.2 Å². The number of halogens is 1. The van der Waals surface area contributed by atoms with Crippen LogP contribution in [0, 0.1) is 11.8 Å². The summed E-state index contributed by atoms with van der Waals surface area (Å²) < 4.78 is 0.905. The van der Waals surface area contributed by atoms with E-state index in [-0.39, 0.29) is 29.7 Å². The molecule has 0 heterocycles. The lowest BCUT2D eigenvalue weighted by Crippen LogP contribution is -2.29. The molecule has 1 aliphatic carbocycles. The van der Waals surface area contributed by atoms with Crippen molar-refractivity contribution in [2.45, 2.75) is 19.4 Å². The van der Waals surface area contributed by atoms with Gasteiger partial charge in [0.25, 0.3) is 0 Å². The normalized spacial score (nSPS) is 20.1. The summed E-state index contributed by atoms with van der Waals surface area (Å²) in [6.45, 7) is 1.95. The minimum absolute atomic E-state index is 0.0549. The average Bonchev–Trinajstić information content (AvgIpc) is 3.36. The Labute approximate surface area is 149 Å². The van der Waals surface area contributed by atoms with Crippen LogP contribution < -0.4 is 10.6 Å². The maximum Gasteiger partial charge on any atom is 0.228 e. The van der Waals surface area contributed by atoms with E-state index >= 15 is 0 Å². The number of anilines is 1. The molecule has 2 aromatic carbocycles. The number of hydrogen-bond acceptors (Lipinski definition) is 2. The average molecular weight is 387 g/mol. The van der Waals surface area contributed by atoms with Crippen LogP contribution in [0.2, 0.25) is 0 Å². The van der Waals surface area contributed by atoms with Gasteiger partial charge >= 0.3 is 0 Å². The smallest absolute Gasteiger partial charge is 0.228 e. The molecule has 0 radical (unpaired) electrons. The molecular weight excluding hydrogens is 368 g/mol. The highest BCUT2D eigenvalue weighted by molar-refractivity contribution is 9.10. The number of benzene rings is 2. The second kappa shape index (κ2) is 7.18. The van der Waals surface area contributed by atoms with Crippen molar-refractivity contribution in [3.63, 3.8) is 0 Å². The Morgan fingerprint density at radius 1 is 1.04 bits per heavy atom. The van der Waals surface area contributed by atoms with Crippen LogP contribution in [0.5, 0.6) is 0 Å². The lowest BCUT2D eigenvalue weighted by atomic mass is 10.1. The van der Waals surface area contributed by atoms with Crippen molar-refractivity contribution in [2.24, 2.45) is 11.8 Å². The van der Waals surface area contributed by atoms with E-state index in [1.54, 1.807) is 0 Å². The lowest BCUT2D eigenvalue weighted by Gasteiger charge is -2.14. The van der Waals surface area contributed by atoms with Crippen LogP contribution in [-0.4, -0.2) is 11.8 Å². The summed E-state index contributed by atoms with van der Waals surface area (Å²) in [4.78, 5) is 24.6. The minimum atomic E-state index is -0.244. The van der Waals surface area contributed by atoms with Gasteiger partial charge in [-0.15, -0.1) is 0 Å². The monoisotopic (exact) mass is 386 g/mol. The van der Waals surface area contributed by atoms with E-state index in [4.69, 9.17) is 0 Å². The van der Waals surface area contributed by atoms with Crippen molar-refractivity contribution in [1.82, 2.24) is 5.32 Å². The zero-order chi connectivity index (χ0) is 17.1. The van der Waals surface area contributed by atoms with Crippen LogP contribution in [0.15, 0.2) is 59.1 Å². The van der Waals surface area contributed by atoms with Gasteiger partial charge in [0.15, 0.2) is 0 Å². The van der Waals surface area contributed by atoms with E-state index in [9.17, 15) is 9.59 Å². The molecule has 24 heavy (non-hydrogen) atoms. The Balaban J connectivity index is 1.53. The van der Waals surface area contributed by atoms with Gasteiger partial charge in [-0.3, -0.25) is 9.59 Å². The number of nitrogens with one attached hydrogen (secondary N) is 2. The van der Waals surface area contributed by atoms with Gasteiger partial charge in [-0.25, -0.2) is 0 Å². The summed E-state index contributed by atoms with van der Waals surface area (Å²) in [5, 5.41) is 5.86. The van der Waals surface area contributed by atoms with Crippen LogP contribution in [0.3, 0.4) is 0 Å². The maximum atomic E-state index is 12.3. The van der Waals surface area contributed by atoms with E-state index in [0.29, 0.717) is 6.42 Å². The summed E-state index contributed by atoms with van der Waals surface area (Å²) in [7, 11) is 0. The molecule has 0 spiro atoms. The van der Waals surface area contributed by atoms with Crippen LogP contribution >= 0.6 is 15.9 Å². The van der Waals surface area contributed by atoms with E-state index in [0.717, 1.165) is 15.7 Å². The lowest BCUT2D eigenvalue weighted by molar-refractivity contribution is -0.125. The first-order valence-electron chi connectivity index (χ1n) is 7.96. The predicted octanol–water partition coefficient (Wildman–Crippen LogP) is 3.90. The molecule has 2 aromatic rings.